The third kappa shape index (κ3) is 4.15. The van der Waals surface area contributed by atoms with E-state index in [4.69, 9.17) is 16.3 Å². The Morgan fingerprint density at radius 2 is 2.00 bits per heavy atom. The largest absolute Gasteiger partial charge is 0.449 e. The van der Waals surface area contributed by atoms with Crippen LogP contribution in [0.4, 0.5) is 0 Å². The fourth-order valence-corrected chi connectivity index (χ4v) is 3.62. The molecule has 26 heavy (non-hydrogen) atoms. The standard InChI is InChI=1S/C20H23ClN2O3/c1-12-7-3-5-9-16(12)23-19(24)13(2)26-20(25)15-11-18(21)22-17-10-6-4-8-14(15)17/h4,6,8,10-13,16H,3,5,7,9H2,1-2H3,(H,23,24). The summed E-state index contributed by atoms with van der Waals surface area (Å²) in [5.41, 5.74) is 0.923. The Hall–Kier alpha value is -2.14. The summed E-state index contributed by atoms with van der Waals surface area (Å²) in [4.78, 5) is 29.2. The smallest absolute Gasteiger partial charge is 0.339 e. The number of nitrogens with zero attached hydrogens (tertiary/aromatic N) is 1. The van der Waals surface area contributed by atoms with Gasteiger partial charge in [0, 0.05) is 11.4 Å². The van der Waals surface area contributed by atoms with Crippen molar-refractivity contribution in [2.75, 3.05) is 0 Å². The molecule has 1 aliphatic rings. The molecular weight excluding hydrogens is 352 g/mol. The maximum absolute atomic E-state index is 12.6. The van der Waals surface area contributed by atoms with Crippen LogP contribution < -0.4 is 5.32 Å². The van der Waals surface area contributed by atoms with Crippen LogP contribution in [0.1, 0.15) is 49.9 Å². The number of benzene rings is 1. The molecule has 1 heterocycles. The van der Waals surface area contributed by atoms with Crippen LogP contribution in [0.15, 0.2) is 30.3 Å². The monoisotopic (exact) mass is 374 g/mol. The lowest BCUT2D eigenvalue weighted by Crippen LogP contribution is -2.46. The van der Waals surface area contributed by atoms with E-state index in [-0.39, 0.29) is 17.1 Å². The number of pyridine rings is 1. The van der Waals surface area contributed by atoms with Crippen molar-refractivity contribution in [1.29, 1.82) is 0 Å². The van der Waals surface area contributed by atoms with Crippen molar-refractivity contribution >= 4 is 34.4 Å². The lowest BCUT2D eigenvalue weighted by atomic mass is 9.86. The molecule has 0 spiro atoms. The predicted molar refractivity (Wildman–Crippen MR) is 101 cm³/mol. The molecule has 1 aliphatic carbocycles. The zero-order valence-corrected chi connectivity index (χ0v) is 15.8. The summed E-state index contributed by atoms with van der Waals surface area (Å²) in [6.45, 7) is 3.73. The molecule has 1 aromatic carbocycles. The molecule has 1 saturated carbocycles. The van der Waals surface area contributed by atoms with E-state index in [1.807, 2.05) is 12.1 Å². The highest BCUT2D eigenvalue weighted by molar-refractivity contribution is 6.30. The number of hydrogen-bond acceptors (Lipinski definition) is 4. The second-order valence-corrected chi connectivity index (χ2v) is 7.32. The van der Waals surface area contributed by atoms with Gasteiger partial charge in [0.2, 0.25) is 0 Å². The van der Waals surface area contributed by atoms with Crippen LogP contribution in [0.25, 0.3) is 10.9 Å². The van der Waals surface area contributed by atoms with Crippen molar-refractivity contribution in [3.63, 3.8) is 0 Å². The maximum atomic E-state index is 12.6. The Balaban J connectivity index is 1.70. The van der Waals surface area contributed by atoms with Gasteiger partial charge in [-0.05, 0) is 37.8 Å². The number of carbonyl (C=O) groups excluding carboxylic acids is 2. The Bertz CT molecular complexity index is 824. The normalized spacial score (nSPS) is 21.2. The average molecular weight is 375 g/mol. The number of aromatic nitrogens is 1. The van der Waals surface area contributed by atoms with E-state index in [0.717, 1.165) is 19.3 Å². The molecule has 3 rings (SSSR count). The van der Waals surface area contributed by atoms with Gasteiger partial charge in [0.1, 0.15) is 5.15 Å². The van der Waals surface area contributed by atoms with E-state index >= 15 is 0 Å². The fourth-order valence-electron chi connectivity index (χ4n) is 3.42. The van der Waals surface area contributed by atoms with Crippen LogP contribution in [0.2, 0.25) is 5.15 Å². The molecular formula is C20H23ClN2O3. The van der Waals surface area contributed by atoms with Gasteiger partial charge in [-0.25, -0.2) is 9.78 Å². The first-order valence-electron chi connectivity index (χ1n) is 9.02. The molecule has 5 nitrogen and oxygen atoms in total. The number of carbonyl (C=O) groups is 2. The lowest BCUT2D eigenvalue weighted by Gasteiger charge is -2.30. The molecule has 1 aromatic heterocycles. The van der Waals surface area contributed by atoms with Gasteiger partial charge in [-0.2, -0.15) is 0 Å². The third-order valence-electron chi connectivity index (χ3n) is 5.00. The van der Waals surface area contributed by atoms with Gasteiger partial charge < -0.3 is 10.1 Å². The minimum atomic E-state index is -0.873. The van der Waals surface area contributed by atoms with Crippen molar-refractivity contribution in [2.24, 2.45) is 5.92 Å². The van der Waals surface area contributed by atoms with Crippen LogP contribution in [0.3, 0.4) is 0 Å². The van der Waals surface area contributed by atoms with Gasteiger partial charge in [-0.3, -0.25) is 4.79 Å². The SMILES string of the molecule is CC(OC(=O)c1cc(Cl)nc2ccccc12)C(=O)NC1CCCCC1C. The van der Waals surface area contributed by atoms with Gasteiger partial charge in [0.05, 0.1) is 11.1 Å². The van der Waals surface area contributed by atoms with Crippen molar-refractivity contribution in [1.82, 2.24) is 10.3 Å². The van der Waals surface area contributed by atoms with E-state index in [0.29, 0.717) is 22.4 Å². The average Bonchev–Trinajstić information content (AvgIpc) is 2.62. The van der Waals surface area contributed by atoms with E-state index < -0.39 is 12.1 Å². The number of amides is 1. The number of rotatable bonds is 4. The van der Waals surface area contributed by atoms with Gasteiger partial charge in [-0.1, -0.05) is 49.6 Å². The number of halogens is 1. The molecule has 1 N–H and O–H groups in total. The molecule has 6 heteroatoms. The van der Waals surface area contributed by atoms with Gasteiger partial charge >= 0.3 is 5.97 Å². The Labute approximate surface area is 158 Å². The van der Waals surface area contributed by atoms with Crippen LogP contribution in [0, 0.1) is 5.92 Å². The predicted octanol–water partition coefficient (Wildman–Crippen LogP) is 4.13. The molecule has 1 fully saturated rings. The summed E-state index contributed by atoms with van der Waals surface area (Å²) in [7, 11) is 0. The number of hydrogen-bond donors (Lipinski definition) is 1. The number of nitrogens with one attached hydrogen (secondary N) is 1. The summed E-state index contributed by atoms with van der Waals surface area (Å²) < 4.78 is 5.40. The zero-order valence-electron chi connectivity index (χ0n) is 15.0. The van der Waals surface area contributed by atoms with E-state index in [9.17, 15) is 9.59 Å². The molecule has 0 aliphatic heterocycles. The Morgan fingerprint density at radius 3 is 2.77 bits per heavy atom. The fraction of sp³-hybridized carbons (Fsp3) is 0.450. The second kappa shape index (κ2) is 8.04. The summed E-state index contributed by atoms with van der Waals surface area (Å²) >= 11 is 6.01. The topological polar surface area (TPSA) is 68.3 Å². The summed E-state index contributed by atoms with van der Waals surface area (Å²) in [6, 6.07) is 8.81. The minimum absolute atomic E-state index is 0.147. The Morgan fingerprint density at radius 1 is 1.27 bits per heavy atom. The van der Waals surface area contributed by atoms with Crippen molar-refractivity contribution in [2.45, 2.75) is 51.7 Å². The maximum Gasteiger partial charge on any atom is 0.339 e. The van der Waals surface area contributed by atoms with Crippen molar-refractivity contribution < 1.29 is 14.3 Å². The lowest BCUT2D eigenvalue weighted by molar-refractivity contribution is -0.130. The summed E-state index contributed by atoms with van der Waals surface area (Å²) in [5, 5.41) is 3.88. The highest BCUT2D eigenvalue weighted by atomic mass is 35.5. The molecule has 0 saturated heterocycles. The first kappa shape index (κ1) is 18.6. The number of esters is 1. The van der Waals surface area contributed by atoms with Gasteiger partial charge in [0.25, 0.3) is 5.91 Å². The van der Waals surface area contributed by atoms with Gasteiger partial charge in [-0.15, -0.1) is 0 Å². The Kier molecular flexibility index (Phi) is 5.77. The number of ether oxygens (including phenoxy) is 1. The quantitative estimate of drug-likeness (QED) is 0.645. The van der Waals surface area contributed by atoms with Crippen LogP contribution in [-0.4, -0.2) is 29.0 Å². The van der Waals surface area contributed by atoms with Crippen molar-refractivity contribution in [3.05, 3.63) is 41.0 Å². The summed E-state index contributed by atoms with van der Waals surface area (Å²) in [6.07, 6.45) is 3.53. The summed E-state index contributed by atoms with van der Waals surface area (Å²) in [5.74, 6) is -0.398. The molecule has 2 aromatic rings. The zero-order chi connectivity index (χ0) is 18.7. The third-order valence-corrected chi connectivity index (χ3v) is 5.19. The molecule has 0 radical (unpaired) electrons. The minimum Gasteiger partial charge on any atom is -0.449 e. The number of para-hydroxylation sites is 1. The molecule has 3 unspecified atom stereocenters. The first-order chi connectivity index (χ1) is 12.5. The molecule has 3 atom stereocenters. The molecule has 0 bridgehead atoms. The van der Waals surface area contributed by atoms with Crippen LogP contribution in [-0.2, 0) is 9.53 Å². The first-order valence-corrected chi connectivity index (χ1v) is 9.40. The van der Waals surface area contributed by atoms with Crippen molar-refractivity contribution in [3.8, 4) is 0 Å². The number of fused-ring (bicyclic) bond motifs is 1. The van der Waals surface area contributed by atoms with Crippen LogP contribution in [0.5, 0.6) is 0 Å². The highest BCUT2D eigenvalue weighted by Crippen LogP contribution is 2.24. The van der Waals surface area contributed by atoms with Gasteiger partial charge in [0.15, 0.2) is 6.10 Å². The molecule has 138 valence electrons. The van der Waals surface area contributed by atoms with E-state index in [1.165, 1.54) is 12.5 Å². The molecule has 1 amide bonds. The van der Waals surface area contributed by atoms with E-state index in [2.05, 4.69) is 17.2 Å². The van der Waals surface area contributed by atoms with Crippen LogP contribution >= 0.6 is 11.6 Å². The highest BCUT2D eigenvalue weighted by Gasteiger charge is 2.27. The van der Waals surface area contributed by atoms with E-state index in [1.54, 1.807) is 19.1 Å². The second-order valence-electron chi connectivity index (χ2n) is 6.93.